The van der Waals surface area contributed by atoms with Crippen LogP contribution < -0.4 is 19.1 Å². The Kier molecular flexibility index (Phi) is 9.36. The second-order valence-electron chi connectivity index (χ2n) is 8.63. The number of ether oxygens (including phenoxy) is 2. The molecule has 0 aliphatic rings. The largest absolute Gasteiger partial charge is 0.493 e. The van der Waals surface area contributed by atoms with Crippen LogP contribution in [0.4, 0.5) is 5.69 Å². The Hall–Kier alpha value is -3.52. The van der Waals surface area contributed by atoms with Crippen LogP contribution >= 0.6 is 0 Å². The predicted octanol–water partition coefficient (Wildman–Crippen LogP) is 4.59. The summed E-state index contributed by atoms with van der Waals surface area (Å²) in [5, 5.41) is 2.94. The fraction of sp³-hybridized carbons (Fsp3) is 0.321. The zero-order valence-electron chi connectivity index (χ0n) is 21.2. The lowest BCUT2D eigenvalue weighted by atomic mass is 9.97. The van der Waals surface area contributed by atoms with Gasteiger partial charge in [0.05, 0.1) is 24.8 Å². The number of anilines is 1. The summed E-state index contributed by atoms with van der Waals surface area (Å²) in [6, 6.07) is 21.4. The van der Waals surface area contributed by atoms with Gasteiger partial charge in [-0.15, -0.1) is 0 Å². The topological polar surface area (TPSA) is 84.9 Å². The van der Waals surface area contributed by atoms with Crippen LogP contribution in [-0.2, 0) is 21.2 Å². The van der Waals surface area contributed by atoms with Gasteiger partial charge in [0, 0.05) is 12.6 Å². The summed E-state index contributed by atoms with van der Waals surface area (Å²) in [7, 11) is -1.04. The van der Waals surface area contributed by atoms with Crippen molar-refractivity contribution in [3.8, 4) is 11.5 Å². The molecule has 0 aliphatic carbocycles. The van der Waals surface area contributed by atoms with E-state index in [1.165, 1.54) is 19.8 Å². The molecule has 0 aromatic heterocycles. The Morgan fingerprint density at radius 1 is 0.944 bits per heavy atom. The van der Waals surface area contributed by atoms with Crippen molar-refractivity contribution in [2.45, 2.75) is 31.6 Å². The SMILES string of the molecule is CCC(CNC(=O)CN(c1ccc(OC)c(OC)c1)S(=O)(=O)c1ccc(C)cc1)Cc1ccccc1. The second-order valence-corrected chi connectivity index (χ2v) is 10.5. The van der Waals surface area contributed by atoms with E-state index in [4.69, 9.17) is 9.47 Å². The number of carbonyl (C=O) groups is 1. The highest BCUT2D eigenvalue weighted by Crippen LogP contribution is 2.33. The minimum Gasteiger partial charge on any atom is -0.493 e. The lowest BCUT2D eigenvalue weighted by Crippen LogP contribution is -2.42. The van der Waals surface area contributed by atoms with Gasteiger partial charge in [-0.2, -0.15) is 0 Å². The molecule has 7 nitrogen and oxygen atoms in total. The minimum absolute atomic E-state index is 0.103. The van der Waals surface area contributed by atoms with Crippen LogP contribution in [0.2, 0.25) is 0 Å². The predicted molar refractivity (Wildman–Crippen MR) is 142 cm³/mol. The van der Waals surface area contributed by atoms with Crippen molar-refractivity contribution in [2.24, 2.45) is 5.92 Å². The smallest absolute Gasteiger partial charge is 0.264 e. The maximum Gasteiger partial charge on any atom is 0.264 e. The molecular formula is C28H34N2O5S. The van der Waals surface area contributed by atoms with Crippen LogP contribution in [0.25, 0.3) is 0 Å². The Morgan fingerprint density at radius 2 is 1.61 bits per heavy atom. The first-order valence-electron chi connectivity index (χ1n) is 11.9. The number of nitrogens with zero attached hydrogens (tertiary/aromatic N) is 1. The number of hydrogen-bond donors (Lipinski definition) is 1. The van der Waals surface area contributed by atoms with Crippen LogP contribution in [-0.4, -0.2) is 41.6 Å². The quantitative estimate of drug-likeness (QED) is 0.385. The first kappa shape index (κ1) is 27.1. The zero-order valence-corrected chi connectivity index (χ0v) is 22.0. The van der Waals surface area contributed by atoms with Crippen molar-refractivity contribution in [1.82, 2.24) is 5.32 Å². The summed E-state index contributed by atoms with van der Waals surface area (Å²) < 4.78 is 39.0. The number of carbonyl (C=O) groups excluding carboxylic acids is 1. The van der Waals surface area contributed by atoms with Crippen molar-refractivity contribution in [2.75, 3.05) is 31.6 Å². The normalized spacial score (nSPS) is 12.0. The van der Waals surface area contributed by atoms with Crippen LogP contribution in [0.15, 0.2) is 77.7 Å². The summed E-state index contributed by atoms with van der Waals surface area (Å²) in [4.78, 5) is 13.1. The number of benzene rings is 3. The average molecular weight is 511 g/mol. The van der Waals surface area contributed by atoms with Crippen molar-refractivity contribution in [3.63, 3.8) is 0 Å². The Balaban J connectivity index is 1.84. The van der Waals surface area contributed by atoms with Gasteiger partial charge in [0.1, 0.15) is 6.54 Å². The first-order valence-corrected chi connectivity index (χ1v) is 13.3. The van der Waals surface area contributed by atoms with Gasteiger partial charge >= 0.3 is 0 Å². The molecular weight excluding hydrogens is 476 g/mol. The lowest BCUT2D eigenvalue weighted by molar-refractivity contribution is -0.119. The van der Waals surface area contributed by atoms with E-state index in [2.05, 4.69) is 24.4 Å². The van der Waals surface area contributed by atoms with Gasteiger partial charge in [0.15, 0.2) is 11.5 Å². The Bertz CT molecular complexity index is 1240. The third kappa shape index (κ3) is 6.79. The molecule has 0 saturated carbocycles. The molecule has 0 spiro atoms. The van der Waals surface area contributed by atoms with Gasteiger partial charge in [-0.25, -0.2) is 8.42 Å². The molecule has 3 rings (SSSR count). The summed E-state index contributed by atoms with van der Waals surface area (Å²) in [6.45, 7) is 4.05. The number of methoxy groups -OCH3 is 2. The fourth-order valence-electron chi connectivity index (χ4n) is 3.89. The first-order chi connectivity index (χ1) is 17.3. The van der Waals surface area contributed by atoms with E-state index in [9.17, 15) is 13.2 Å². The molecule has 3 aromatic carbocycles. The van der Waals surface area contributed by atoms with E-state index in [0.717, 1.165) is 22.7 Å². The molecule has 36 heavy (non-hydrogen) atoms. The maximum absolute atomic E-state index is 13.6. The zero-order chi connectivity index (χ0) is 26.1. The van der Waals surface area contributed by atoms with E-state index in [0.29, 0.717) is 23.7 Å². The van der Waals surface area contributed by atoms with Gasteiger partial charge in [0.25, 0.3) is 10.0 Å². The molecule has 8 heteroatoms. The molecule has 0 fully saturated rings. The van der Waals surface area contributed by atoms with Crippen LogP contribution in [0, 0.1) is 12.8 Å². The molecule has 1 amide bonds. The molecule has 1 N–H and O–H groups in total. The summed E-state index contributed by atoms with van der Waals surface area (Å²) in [5.41, 5.74) is 2.44. The van der Waals surface area contributed by atoms with Gasteiger partial charge in [-0.3, -0.25) is 9.10 Å². The molecule has 0 saturated heterocycles. The van der Waals surface area contributed by atoms with Crippen LogP contribution in [0.5, 0.6) is 11.5 Å². The minimum atomic E-state index is -4.03. The summed E-state index contributed by atoms with van der Waals surface area (Å²) >= 11 is 0. The fourth-order valence-corrected chi connectivity index (χ4v) is 5.30. The standard InChI is InChI=1S/C28H34N2O5S/c1-5-22(17-23-9-7-6-8-10-23)19-29-28(31)20-30(24-13-16-26(34-3)27(18-24)35-4)36(32,33)25-14-11-21(2)12-15-25/h6-16,18,22H,5,17,19-20H2,1-4H3,(H,29,31). The number of sulfonamides is 1. The van der Waals surface area contributed by atoms with Crippen LogP contribution in [0.1, 0.15) is 24.5 Å². The molecule has 3 aromatic rings. The second kappa shape index (κ2) is 12.4. The third-order valence-electron chi connectivity index (χ3n) is 6.08. The van der Waals surface area contributed by atoms with E-state index in [-0.39, 0.29) is 23.3 Å². The van der Waals surface area contributed by atoms with E-state index < -0.39 is 10.0 Å². The number of nitrogens with one attached hydrogen (secondary N) is 1. The van der Waals surface area contributed by atoms with Crippen molar-refractivity contribution in [3.05, 3.63) is 83.9 Å². The summed E-state index contributed by atoms with van der Waals surface area (Å²) in [5.74, 6) is 0.685. The molecule has 1 atom stereocenters. The highest BCUT2D eigenvalue weighted by Gasteiger charge is 2.28. The van der Waals surface area contributed by atoms with Crippen LogP contribution in [0.3, 0.4) is 0 Å². The molecule has 192 valence electrons. The Morgan fingerprint density at radius 3 is 2.22 bits per heavy atom. The molecule has 0 bridgehead atoms. The van der Waals surface area contributed by atoms with E-state index >= 15 is 0 Å². The number of amides is 1. The third-order valence-corrected chi connectivity index (χ3v) is 7.87. The molecule has 1 unspecified atom stereocenters. The van der Waals surface area contributed by atoms with E-state index in [1.807, 2.05) is 25.1 Å². The van der Waals surface area contributed by atoms with Crippen molar-refractivity contribution < 1.29 is 22.7 Å². The highest BCUT2D eigenvalue weighted by atomic mass is 32.2. The van der Waals surface area contributed by atoms with Crippen molar-refractivity contribution >= 4 is 21.6 Å². The summed E-state index contributed by atoms with van der Waals surface area (Å²) in [6.07, 6.45) is 1.72. The van der Waals surface area contributed by atoms with Gasteiger partial charge in [-0.1, -0.05) is 61.4 Å². The number of hydrogen-bond acceptors (Lipinski definition) is 5. The monoisotopic (exact) mass is 510 g/mol. The number of aryl methyl sites for hydroxylation is 1. The Labute approximate surface area is 214 Å². The van der Waals surface area contributed by atoms with E-state index in [1.54, 1.807) is 42.5 Å². The van der Waals surface area contributed by atoms with Gasteiger partial charge in [-0.05, 0) is 49.1 Å². The maximum atomic E-state index is 13.6. The highest BCUT2D eigenvalue weighted by molar-refractivity contribution is 7.92. The molecule has 0 heterocycles. The number of rotatable bonds is 12. The van der Waals surface area contributed by atoms with Gasteiger partial charge in [0.2, 0.25) is 5.91 Å². The van der Waals surface area contributed by atoms with Crippen molar-refractivity contribution in [1.29, 1.82) is 0 Å². The molecule has 0 radical (unpaired) electrons. The van der Waals surface area contributed by atoms with Gasteiger partial charge < -0.3 is 14.8 Å². The molecule has 0 aliphatic heterocycles. The lowest BCUT2D eigenvalue weighted by Gasteiger charge is -2.25. The average Bonchev–Trinajstić information content (AvgIpc) is 2.90.